The first-order chi connectivity index (χ1) is 15.3. The number of amides is 2. The van der Waals surface area contributed by atoms with Crippen molar-refractivity contribution >= 4 is 42.2 Å². The normalized spacial score (nSPS) is 23.5. The number of carboxylic acid groups (broad SMARTS) is 1. The average Bonchev–Trinajstić information content (AvgIpc) is 3.55. The van der Waals surface area contributed by atoms with E-state index in [1.165, 1.54) is 11.8 Å². The molecule has 0 spiro atoms. The standard InChI is InChI=1S/C22H33N3O5S2/c1-3-14(24-20(27)13(23)11-31)19(26)17-16(12-7-5-4-6-8-12)18(17)21(28)25-15(22(29)30)9-10-32-2/h4-8,13-19,26,31H,3,9-11,23H2,1-2H3,(H,24,27)(H,25,28)(H,29,30)/t13-,14-,15-,16-,17+,18+,19-/m0/s1. The molecule has 6 N–H and O–H groups in total. The number of benzene rings is 1. The van der Waals surface area contributed by atoms with Crippen LogP contribution >= 0.6 is 24.4 Å². The number of nitrogens with one attached hydrogen (secondary N) is 2. The Morgan fingerprint density at radius 2 is 1.88 bits per heavy atom. The quantitative estimate of drug-likeness (QED) is 0.228. The molecule has 1 aliphatic rings. The molecule has 0 aromatic heterocycles. The van der Waals surface area contributed by atoms with E-state index in [9.17, 15) is 24.6 Å². The van der Waals surface area contributed by atoms with Gasteiger partial charge in [-0.1, -0.05) is 37.3 Å². The number of thiol groups is 1. The lowest BCUT2D eigenvalue weighted by Gasteiger charge is -2.25. The van der Waals surface area contributed by atoms with Gasteiger partial charge in [-0.2, -0.15) is 24.4 Å². The highest BCUT2D eigenvalue weighted by atomic mass is 32.2. The van der Waals surface area contributed by atoms with Crippen LogP contribution in [0.5, 0.6) is 0 Å². The molecule has 10 heteroatoms. The van der Waals surface area contributed by atoms with E-state index in [-0.39, 0.29) is 11.7 Å². The van der Waals surface area contributed by atoms with Crippen molar-refractivity contribution in [2.75, 3.05) is 17.8 Å². The maximum Gasteiger partial charge on any atom is 0.326 e. The number of carbonyl (C=O) groups is 3. The van der Waals surface area contributed by atoms with Gasteiger partial charge in [0.15, 0.2) is 0 Å². The van der Waals surface area contributed by atoms with Crippen LogP contribution in [0.15, 0.2) is 30.3 Å². The Kier molecular flexibility index (Phi) is 10.3. The Morgan fingerprint density at radius 3 is 2.41 bits per heavy atom. The highest BCUT2D eigenvalue weighted by Crippen LogP contribution is 2.56. The monoisotopic (exact) mass is 483 g/mol. The van der Waals surface area contributed by atoms with E-state index in [2.05, 4.69) is 23.3 Å². The van der Waals surface area contributed by atoms with Crippen molar-refractivity contribution in [2.45, 2.75) is 49.9 Å². The predicted molar refractivity (Wildman–Crippen MR) is 129 cm³/mol. The second-order valence-corrected chi connectivity index (χ2v) is 9.37. The number of hydrogen-bond acceptors (Lipinski definition) is 7. The summed E-state index contributed by atoms with van der Waals surface area (Å²) in [5.74, 6) is -2.43. The van der Waals surface area contributed by atoms with Gasteiger partial charge in [0.2, 0.25) is 11.8 Å². The number of aliphatic carboxylic acids is 1. The number of hydrogen-bond donors (Lipinski definition) is 6. The SMILES string of the molecule is CC[C@H](NC(=O)[C@@H](N)CS)[C@H](O)[C@H]1[C@H](C(=O)N[C@@H](CCSC)C(=O)O)[C@H]1c1ccccc1. The third kappa shape index (κ3) is 6.63. The topological polar surface area (TPSA) is 142 Å². The van der Waals surface area contributed by atoms with Crippen LogP contribution in [0.2, 0.25) is 0 Å². The van der Waals surface area contributed by atoms with Crippen molar-refractivity contribution in [1.29, 1.82) is 0 Å². The second-order valence-electron chi connectivity index (χ2n) is 8.02. The maximum absolute atomic E-state index is 13.1. The lowest BCUT2D eigenvalue weighted by Crippen LogP contribution is -2.51. The molecule has 0 bridgehead atoms. The van der Waals surface area contributed by atoms with Crippen LogP contribution in [0.4, 0.5) is 0 Å². The Hall–Kier alpha value is -1.75. The summed E-state index contributed by atoms with van der Waals surface area (Å²) in [5, 5.41) is 26.0. The van der Waals surface area contributed by atoms with E-state index in [4.69, 9.17) is 5.73 Å². The number of carbonyl (C=O) groups excluding carboxylic acids is 2. The second kappa shape index (κ2) is 12.5. The largest absolute Gasteiger partial charge is 0.480 e. The minimum absolute atomic E-state index is 0.173. The smallest absolute Gasteiger partial charge is 0.326 e. The molecule has 1 saturated carbocycles. The fraction of sp³-hybridized carbons (Fsp3) is 0.591. The number of aliphatic hydroxyl groups excluding tert-OH is 1. The van der Waals surface area contributed by atoms with Gasteiger partial charge in [-0.05, 0) is 30.4 Å². The Bertz CT molecular complexity index is 782. The van der Waals surface area contributed by atoms with Gasteiger partial charge in [0, 0.05) is 17.6 Å². The van der Waals surface area contributed by atoms with Gasteiger partial charge >= 0.3 is 5.97 Å². The summed E-state index contributed by atoms with van der Waals surface area (Å²) in [4.78, 5) is 36.9. The summed E-state index contributed by atoms with van der Waals surface area (Å²) in [6, 6.07) is 6.98. The highest BCUT2D eigenvalue weighted by Gasteiger charge is 2.60. The maximum atomic E-state index is 13.1. The van der Waals surface area contributed by atoms with Crippen molar-refractivity contribution in [3.63, 3.8) is 0 Å². The van der Waals surface area contributed by atoms with Crippen molar-refractivity contribution < 1.29 is 24.6 Å². The van der Waals surface area contributed by atoms with Crippen LogP contribution in [0.1, 0.15) is 31.2 Å². The van der Waals surface area contributed by atoms with Gasteiger partial charge in [0.05, 0.1) is 24.1 Å². The molecule has 1 fully saturated rings. The summed E-state index contributed by atoms with van der Waals surface area (Å²) in [6.45, 7) is 1.83. The number of carboxylic acids is 1. The van der Waals surface area contributed by atoms with E-state index in [0.717, 1.165) is 5.56 Å². The molecule has 2 rings (SSSR count). The molecule has 1 aliphatic carbocycles. The van der Waals surface area contributed by atoms with Gasteiger partial charge in [-0.25, -0.2) is 4.79 Å². The summed E-state index contributed by atoms with van der Waals surface area (Å²) >= 11 is 5.54. The number of aliphatic hydroxyl groups is 1. The van der Waals surface area contributed by atoms with Crippen LogP contribution < -0.4 is 16.4 Å². The summed E-state index contributed by atoms with van der Waals surface area (Å²) in [5.41, 5.74) is 6.63. The molecule has 0 radical (unpaired) electrons. The van der Waals surface area contributed by atoms with Crippen molar-refractivity contribution in [2.24, 2.45) is 17.6 Å². The minimum Gasteiger partial charge on any atom is -0.480 e. The van der Waals surface area contributed by atoms with Gasteiger partial charge in [0.25, 0.3) is 0 Å². The highest BCUT2D eigenvalue weighted by molar-refractivity contribution is 7.98. The third-order valence-corrected chi connectivity index (χ3v) is 6.93. The number of rotatable bonds is 13. The molecule has 178 valence electrons. The molecular formula is C22H33N3O5S2. The van der Waals surface area contributed by atoms with E-state index in [1.54, 1.807) is 0 Å². The van der Waals surface area contributed by atoms with Crippen molar-refractivity contribution in [3.8, 4) is 0 Å². The molecule has 1 aromatic rings. The molecule has 32 heavy (non-hydrogen) atoms. The molecule has 2 amide bonds. The predicted octanol–water partition coefficient (Wildman–Crippen LogP) is 0.852. The fourth-order valence-electron chi connectivity index (χ4n) is 4.03. The lowest BCUT2D eigenvalue weighted by atomic mass is 9.99. The molecule has 7 atom stereocenters. The van der Waals surface area contributed by atoms with E-state index in [0.29, 0.717) is 18.6 Å². The summed E-state index contributed by atoms with van der Waals surface area (Å²) in [7, 11) is 0. The molecule has 0 unspecified atom stereocenters. The zero-order chi connectivity index (χ0) is 23.8. The van der Waals surface area contributed by atoms with E-state index < -0.39 is 53.8 Å². The number of thioether (sulfide) groups is 1. The molecule has 0 saturated heterocycles. The van der Waals surface area contributed by atoms with Gasteiger partial charge in [-0.15, -0.1) is 0 Å². The Morgan fingerprint density at radius 1 is 1.22 bits per heavy atom. The number of nitrogens with two attached hydrogens (primary N) is 1. The molecule has 1 aromatic carbocycles. The molecule has 0 heterocycles. The lowest BCUT2D eigenvalue weighted by molar-refractivity contribution is -0.142. The van der Waals surface area contributed by atoms with E-state index in [1.807, 2.05) is 43.5 Å². The van der Waals surface area contributed by atoms with Gasteiger partial charge in [-0.3, -0.25) is 9.59 Å². The average molecular weight is 484 g/mol. The first kappa shape index (κ1) is 26.5. The van der Waals surface area contributed by atoms with E-state index >= 15 is 0 Å². The molecule has 8 nitrogen and oxygen atoms in total. The molecule has 0 aliphatic heterocycles. The Labute approximate surface area is 198 Å². The van der Waals surface area contributed by atoms with Crippen LogP contribution in [0, 0.1) is 11.8 Å². The summed E-state index contributed by atoms with van der Waals surface area (Å²) in [6.07, 6.45) is 1.64. The minimum atomic E-state index is -1.08. The van der Waals surface area contributed by atoms with Crippen molar-refractivity contribution in [3.05, 3.63) is 35.9 Å². The zero-order valence-electron chi connectivity index (χ0n) is 18.3. The molecular weight excluding hydrogens is 450 g/mol. The zero-order valence-corrected chi connectivity index (χ0v) is 20.0. The van der Waals surface area contributed by atoms with Gasteiger partial charge in [0.1, 0.15) is 6.04 Å². The van der Waals surface area contributed by atoms with Crippen LogP contribution in [0.3, 0.4) is 0 Å². The first-order valence-electron chi connectivity index (χ1n) is 10.7. The third-order valence-electron chi connectivity index (χ3n) is 5.90. The van der Waals surface area contributed by atoms with Gasteiger partial charge < -0.3 is 26.6 Å². The van der Waals surface area contributed by atoms with Crippen LogP contribution in [-0.4, -0.2) is 70.0 Å². The Balaban J connectivity index is 2.21. The van der Waals surface area contributed by atoms with Crippen LogP contribution in [-0.2, 0) is 14.4 Å². The van der Waals surface area contributed by atoms with Crippen molar-refractivity contribution in [1.82, 2.24) is 10.6 Å². The fourth-order valence-corrected chi connectivity index (χ4v) is 4.67. The summed E-state index contributed by atoms with van der Waals surface area (Å²) < 4.78 is 0. The first-order valence-corrected chi connectivity index (χ1v) is 12.7. The van der Waals surface area contributed by atoms with Crippen LogP contribution in [0.25, 0.3) is 0 Å².